The van der Waals surface area contributed by atoms with Crippen LogP contribution in [0, 0.1) is 0 Å². The molecule has 184 valence electrons. The number of carbonyl (C=O) groups is 1. The minimum atomic E-state index is -0.654. The average molecular weight is 490 g/mol. The van der Waals surface area contributed by atoms with Crippen LogP contribution in [0.2, 0.25) is 0 Å². The van der Waals surface area contributed by atoms with E-state index in [1.165, 1.54) is 37.9 Å². The zero-order valence-corrected chi connectivity index (χ0v) is 21.4. The van der Waals surface area contributed by atoms with Crippen molar-refractivity contribution in [3.8, 4) is 0 Å². The first kappa shape index (κ1) is 25.4. The van der Waals surface area contributed by atoms with Crippen LogP contribution in [0.15, 0.2) is 84.9 Å². The molecule has 1 saturated heterocycles. The number of halogens is 1. The first-order valence-corrected chi connectivity index (χ1v) is 12.7. The van der Waals surface area contributed by atoms with Crippen molar-refractivity contribution in [2.24, 2.45) is 0 Å². The van der Waals surface area contributed by atoms with E-state index in [9.17, 15) is 4.79 Å². The number of hydrogen-bond acceptors (Lipinski definition) is 3. The number of anilines is 1. The highest BCUT2D eigenvalue weighted by molar-refractivity contribution is 6.09. The van der Waals surface area contributed by atoms with Crippen LogP contribution in [-0.2, 0) is 16.8 Å². The van der Waals surface area contributed by atoms with Crippen LogP contribution in [0.25, 0.3) is 0 Å². The SMILES string of the molecule is CN(Cc1ccccc1)N1C(=O)C(CCCN2CCCCC2)(c2ccccc2)c2ccccc21.Cl. The number of nitrogens with zero attached hydrogens (tertiary/aromatic N) is 3. The van der Waals surface area contributed by atoms with Crippen LogP contribution in [0.1, 0.15) is 48.8 Å². The molecular weight excluding hydrogens is 454 g/mol. The first-order chi connectivity index (χ1) is 16.7. The molecule has 1 amide bonds. The third-order valence-electron chi connectivity index (χ3n) is 7.49. The van der Waals surface area contributed by atoms with E-state index in [4.69, 9.17) is 0 Å². The van der Waals surface area contributed by atoms with Gasteiger partial charge in [-0.15, -0.1) is 12.4 Å². The van der Waals surface area contributed by atoms with Gasteiger partial charge >= 0.3 is 0 Å². The number of piperidine rings is 1. The molecule has 0 N–H and O–H groups in total. The Morgan fingerprint density at radius 1 is 0.829 bits per heavy atom. The summed E-state index contributed by atoms with van der Waals surface area (Å²) in [5.41, 5.74) is 3.77. The summed E-state index contributed by atoms with van der Waals surface area (Å²) < 4.78 is 0. The van der Waals surface area contributed by atoms with E-state index < -0.39 is 5.41 Å². The molecule has 0 aliphatic carbocycles. The fraction of sp³-hybridized carbons (Fsp3) is 0.367. The second kappa shape index (κ2) is 11.4. The lowest BCUT2D eigenvalue weighted by Crippen LogP contribution is -2.48. The lowest BCUT2D eigenvalue weighted by Gasteiger charge is -2.34. The third-order valence-corrected chi connectivity index (χ3v) is 7.49. The summed E-state index contributed by atoms with van der Waals surface area (Å²) in [5, 5.41) is 4.00. The molecule has 0 bridgehead atoms. The van der Waals surface area contributed by atoms with Gasteiger partial charge in [0.05, 0.1) is 5.69 Å². The second-order valence-corrected chi connectivity index (χ2v) is 9.71. The lowest BCUT2D eigenvalue weighted by molar-refractivity contribution is -0.124. The van der Waals surface area contributed by atoms with Crippen molar-refractivity contribution in [3.05, 3.63) is 102 Å². The molecule has 0 aromatic heterocycles. The molecule has 0 spiro atoms. The Morgan fingerprint density at radius 2 is 1.46 bits per heavy atom. The number of amides is 1. The molecule has 2 aliphatic heterocycles. The number of para-hydroxylation sites is 1. The predicted molar refractivity (Wildman–Crippen MR) is 146 cm³/mol. The summed E-state index contributed by atoms with van der Waals surface area (Å²) in [6, 6.07) is 29.2. The Hall–Kier alpha value is -2.66. The van der Waals surface area contributed by atoms with Crippen molar-refractivity contribution in [1.29, 1.82) is 0 Å². The van der Waals surface area contributed by atoms with Crippen LogP contribution < -0.4 is 5.01 Å². The number of likely N-dealkylation sites (tertiary alicyclic amines) is 1. The molecule has 0 radical (unpaired) electrons. The molecule has 5 rings (SSSR count). The number of benzene rings is 3. The summed E-state index contributed by atoms with van der Waals surface area (Å²) >= 11 is 0. The maximum Gasteiger partial charge on any atom is 0.256 e. The van der Waals surface area contributed by atoms with Gasteiger partial charge in [-0.3, -0.25) is 4.79 Å². The van der Waals surface area contributed by atoms with Gasteiger partial charge in [0.2, 0.25) is 0 Å². The number of rotatable bonds is 8. The smallest absolute Gasteiger partial charge is 0.256 e. The molecule has 5 heteroatoms. The monoisotopic (exact) mass is 489 g/mol. The molecule has 3 aromatic rings. The number of carbonyl (C=O) groups excluding carboxylic acids is 1. The van der Waals surface area contributed by atoms with Gasteiger partial charge < -0.3 is 4.90 Å². The predicted octanol–water partition coefficient (Wildman–Crippen LogP) is 6.05. The van der Waals surface area contributed by atoms with Crippen molar-refractivity contribution < 1.29 is 4.79 Å². The summed E-state index contributed by atoms with van der Waals surface area (Å²) in [6.07, 6.45) is 5.76. The van der Waals surface area contributed by atoms with E-state index in [1.54, 1.807) is 0 Å². The molecule has 3 aromatic carbocycles. The Balaban J connectivity index is 0.00000289. The van der Waals surface area contributed by atoms with Crippen LogP contribution in [0.3, 0.4) is 0 Å². The minimum absolute atomic E-state index is 0. The second-order valence-electron chi connectivity index (χ2n) is 9.71. The highest BCUT2D eigenvalue weighted by atomic mass is 35.5. The molecular formula is C30H36ClN3O. The summed E-state index contributed by atoms with van der Waals surface area (Å²) in [6.45, 7) is 4.12. The highest BCUT2D eigenvalue weighted by Gasteiger charge is 2.52. The van der Waals surface area contributed by atoms with Crippen LogP contribution in [-0.4, -0.2) is 42.5 Å². The minimum Gasteiger partial charge on any atom is -0.303 e. The van der Waals surface area contributed by atoms with Gasteiger partial charge in [-0.05, 0) is 68.1 Å². The van der Waals surface area contributed by atoms with Crippen LogP contribution in [0.4, 0.5) is 5.69 Å². The molecule has 1 unspecified atom stereocenters. The van der Waals surface area contributed by atoms with E-state index in [-0.39, 0.29) is 18.3 Å². The first-order valence-electron chi connectivity index (χ1n) is 12.7. The zero-order chi connectivity index (χ0) is 23.4. The summed E-state index contributed by atoms with van der Waals surface area (Å²) in [5.74, 6) is 0.164. The lowest BCUT2D eigenvalue weighted by atomic mass is 9.72. The zero-order valence-electron chi connectivity index (χ0n) is 20.6. The fourth-order valence-corrected chi connectivity index (χ4v) is 5.82. The van der Waals surface area contributed by atoms with E-state index in [2.05, 4.69) is 76.6 Å². The Labute approximate surface area is 215 Å². The van der Waals surface area contributed by atoms with E-state index in [0.29, 0.717) is 6.54 Å². The van der Waals surface area contributed by atoms with Gasteiger partial charge in [-0.2, -0.15) is 0 Å². The van der Waals surface area contributed by atoms with Gasteiger partial charge in [0.1, 0.15) is 5.41 Å². The van der Waals surface area contributed by atoms with Crippen molar-refractivity contribution in [2.45, 2.75) is 44.1 Å². The van der Waals surface area contributed by atoms with Gasteiger partial charge in [0.15, 0.2) is 0 Å². The average Bonchev–Trinajstić information content (AvgIpc) is 3.14. The van der Waals surface area contributed by atoms with Gasteiger partial charge in [-0.1, -0.05) is 85.3 Å². The van der Waals surface area contributed by atoms with E-state index in [1.807, 2.05) is 30.3 Å². The Kier molecular flexibility index (Phi) is 8.27. The Bertz CT molecular complexity index is 1100. The highest BCUT2D eigenvalue weighted by Crippen LogP contribution is 2.49. The molecule has 0 saturated carbocycles. The molecule has 2 aliphatic rings. The van der Waals surface area contributed by atoms with Gasteiger partial charge in [0.25, 0.3) is 5.91 Å². The molecule has 1 atom stereocenters. The topological polar surface area (TPSA) is 26.8 Å². The molecule has 35 heavy (non-hydrogen) atoms. The van der Waals surface area contributed by atoms with Gasteiger partial charge in [0, 0.05) is 13.6 Å². The van der Waals surface area contributed by atoms with E-state index >= 15 is 0 Å². The van der Waals surface area contributed by atoms with Crippen molar-refractivity contribution in [1.82, 2.24) is 9.91 Å². The van der Waals surface area contributed by atoms with Crippen molar-refractivity contribution >= 4 is 24.0 Å². The summed E-state index contributed by atoms with van der Waals surface area (Å²) in [4.78, 5) is 17.0. The number of hydrogen-bond donors (Lipinski definition) is 0. The van der Waals surface area contributed by atoms with Gasteiger partial charge in [-0.25, -0.2) is 10.0 Å². The number of hydrazine groups is 1. The third kappa shape index (κ3) is 5.02. The standard InChI is InChI=1S/C30H35N3O.ClH/c1-31(24-25-14-5-2-6-15-25)33-28-19-10-9-18-27(28)30(29(33)34,26-16-7-3-8-17-26)20-13-23-32-21-11-4-12-22-32;/h2-3,5-10,14-19H,4,11-13,20-24H2,1H3;1H. The maximum absolute atomic E-state index is 14.5. The van der Waals surface area contributed by atoms with Crippen molar-refractivity contribution in [3.63, 3.8) is 0 Å². The molecule has 4 nitrogen and oxygen atoms in total. The normalized spacial score (nSPS) is 20.1. The Morgan fingerprint density at radius 3 is 2.17 bits per heavy atom. The molecule has 1 fully saturated rings. The maximum atomic E-state index is 14.5. The fourth-order valence-electron chi connectivity index (χ4n) is 5.82. The quantitative estimate of drug-likeness (QED) is 0.385. The molecule has 2 heterocycles. The van der Waals surface area contributed by atoms with Crippen LogP contribution in [0.5, 0.6) is 0 Å². The van der Waals surface area contributed by atoms with E-state index in [0.717, 1.165) is 36.2 Å². The van der Waals surface area contributed by atoms with Crippen LogP contribution >= 0.6 is 12.4 Å². The largest absolute Gasteiger partial charge is 0.303 e. The summed E-state index contributed by atoms with van der Waals surface area (Å²) in [7, 11) is 2.02. The number of fused-ring (bicyclic) bond motifs is 1. The van der Waals surface area contributed by atoms with Crippen molar-refractivity contribution in [2.75, 3.05) is 31.7 Å².